The van der Waals surface area contributed by atoms with Crippen LogP contribution in [0.15, 0.2) is 84.9 Å². The normalized spacial score (nSPS) is 10.5. The molecular formula is C25H21ClN4O. The van der Waals surface area contributed by atoms with Gasteiger partial charge in [0.25, 0.3) is 5.91 Å². The predicted molar refractivity (Wildman–Crippen MR) is 125 cm³/mol. The van der Waals surface area contributed by atoms with Gasteiger partial charge in [-0.05, 0) is 48.9 Å². The van der Waals surface area contributed by atoms with E-state index in [4.69, 9.17) is 11.6 Å². The minimum atomic E-state index is -0.177. The Morgan fingerprint density at radius 2 is 1.71 bits per heavy atom. The number of nitrogens with zero attached hydrogens (tertiary/aromatic N) is 2. The number of rotatable bonds is 6. The molecule has 0 aliphatic carbocycles. The summed E-state index contributed by atoms with van der Waals surface area (Å²) in [6.45, 7) is 2.41. The van der Waals surface area contributed by atoms with E-state index in [-0.39, 0.29) is 5.91 Å². The van der Waals surface area contributed by atoms with Gasteiger partial charge in [-0.25, -0.2) is 0 Å². The molecule has 0 saturated heterocycles. The average molecular weight is 429 g/mol. The maximum absolute atomic E-state index is 12.5. The van der Waals surface area contributed by atoms with Gasteiger partial charge in [-0.2, -0.15) is 0 Å². The molecule has 3 aromatic carbocycles. The number of benzene rings is 3. The van der Waals surface area contributed by atoms with Crippen LogP contribution >= 0.6 is 11.6 Å². The van der Waals surface area contributed by atoms with Crippen LogP contribution in [0.3, 0.4) is 0 Å². The van der Waals surface area contributed by atoms with Gasteiger partial charge in [-0.1, -0.05) is 65.7 Å². The molecule has 2 N–H and O–H groups in total. The van der Waals surface area contributed by atoms with E-state index in [1.165, 1.54) is 5.56 Å². The Morgan fingerprint density at radius 1 is 0.903 bits per heavy atom. The molecule has 0 bridgehead atoms. The number of carbonyl (C=O) groups is 1. The van der Waals surface area contributed by atoms with Gasteiger partial charge < -0.3 is 10.6 Å². The number of nitrogens with one attached hydrogen (secondary N) is 2. The Labute approximate surface area is 186 Å². The minimum Gasteiger partial charge on any atom is -0.348 e. The Morgan fingerprint density at radius 3 is 2.45 bits per heavy atom. The third kappa shape index (κ3) is 5.27. The summed E-state index contributed by atoms with van der Waals surface area (Å²) < 4.78 is 0. The van der Waals surface area contributed by atoms with Crippen LogP contribution in [0.1, 0.15) is 21.5 Å². The summed E-state index contributed by atoms with van der Waals surface area (Å²) in [5, 5.41) is 15.3. The first-order valence-electron chi connectivity index (χ1n) is 9.88. The zero-order valence-electron chi connectivity index (χ0n) is 17.0. The molecule has 4 rings (SSSR count). The van der Waals surface area contributed by atoms with Gasteiger partial charge in [0.2, 0.25) is 0 Å². The van der Waals surface area contributed by atoms with Crippen LogP contribution < -0.4 is 10.6 Å². The molecule has 6 heteroatoms. The van der Waals surface area contributed by atoms with Crippen LogP contribution in [0.4, 0.5) is 11.5 Å². The van der Waals surface area contributed by atoms with Gasteiger partial charge in [-0.3, -0.25) is 4.79 Å². The highest BCUT2D eigenvalue weighted by Gasteiger charge is 2.08. The number of aromatic nitrogens is 2. The zero-order chi connectivity index (χ0) is 21.6. The lowest BCUT2D eigenvalue weighted by molar-refractivity contribution is 0.0951. The molecule has 0 unspecified atom stereocenters. The molecule has 0 atom stereocenters. The first kappa shape index (κ1) is 20.6. The zero-order valence-corrected chi connectivity index (χ0v) is 17.7. The van der Waals surface area contributed by atoms with E-state index in [1.54, 1.807) is 18.2 Å². The summed E-state index contributed by atoms with van der Waals surface area (Å²) in [6.07, 6.45) is 0. The molecule has 5 nitrogen and oxygen atoms in total. The van der Waals surface area contributed by atoms with E-state index >= 15 is 0 Å². The van der Waals surface area contributed by atoms with Crippen molar-refractivity contribution in [3.8, 4) is 11.3 Å². The lowest BCUT2D eigenvalue weighted by Gasteiger charge is -2.09. The molecule has 1 heterocycles. The van der Waals surface area contributed by atoms with Crippen LogP contribution in [-0.4, -0.2) is 16.1 Å². The maximum atomic E-state index is 12.5. The second kappa shape index (κ2) is 9.41. The number of hydrogen-bond donors (Lipinski definition) is 2. The fourth-order valence-electron chi connectivity index (χ4n) is 3.08. The number of amides is 1. The van der Waals surface area contributed by atoms with Crippen molar-refractivity contribution < 1.29 is 4.79 Å². The Bertz CT molecular complexity index is 1190. The molecule has 154 valence electrons. The monoisotopic (exact) mass is 428 g/mol. The third-order valence-electron chi connectivity index (χ3n) is 4.81. The standard InChI is InChI=1S/C25H21ClN4O/c1-17-9-11-18(12-10-17)23-13-14-24(30-29-23)28-21-7-4-6-19(15-21)25(31)27-16-20-5-2-3-8-22(20)26/h2-15H,16H2,1H3,(H,27,31)(H,28,30). The van der Waals surface area contributed by atoms with Crippen LogP contribution in [0, 0.1) is 6.92 Å². The van der Waals surface area contributed by atoms with Crippen molar-refractivity contribution in [2.45, 2.75) is 13.5 Å². The first-order chi connectivity index (χ1) is 15.1. The van der Waals surface area contributed by atoms with Crippen molar-refractivity contribution in [1.82, 2.24) is 15.5 Å². The number of anilines is 2. The van der Waals surface area contributed by atoms with Crippen molar-refractivity contribution in [3.63, 3.8) is 0 Å². The van der Waals surface area contributed by atoms with Crippen molar-refractivity contribution in [2.75, 3.05) is 5.32 Å². The van der Waals surface area contributed by atoms with E-state index < -0.39 is 0 Å². The van der Waals surface area contributed by atoms with Crippen LogP contribution in [0.25, 0.3) is 11.3 Å². The molecule has 0 saturated carbocycles. The topological polar surface area (TPSA) is 66.9 Å². The van der Waals surface area contributed by atoms with E-state index in [2.05, 4.69) is 20.8 Å². The SMILES string of the molecule is Cc1ccc(-c2ccc(Nc3cccc(C(=O)NCc4ccccc4Cl)c3)nn2)cc1. The second-order valence-corrected chi connectivity index (χ2v) is 7.56. The summed E-state index contributed by atoms with van der Waals surface area (Å²) in [7, 11) is 0. The highest BCUT2D eigenvalue weighted by atomic mass is 35.5. The van der Waals surface area contributed by atoms with E-state index in [9.17, 15) is 4.79 Å². The molecule has 31 heavy (non-hydrogen) atoms. The van der Waals surface area contributed by atoms with Crippen LogP contribution in [0.2, 0.25) is 5.02 Å². The Hall–Kier alpha value is -3.70. The number of hydrogen-bond acceptors (Lipinski definition) is 4. The highest BCUT2D eigenvalue weighted by molar-refractivity contribution is 6.31. The first-order valence-corrected chi connectivity index (χ1v) is 10.3. The fourth-order valence-corrected chi connectivity index (χ4v) is 3.29. The molecule has 0 radical (unpaired) electrons. The highest BCUT2D eigenvalue weighted by Crippen LogP contribution is 2.20. The second-order valence-electron chi connectivity index (χ2n) is 7.15. The fraction of sp³-hybridized carbons (Fsp3) is 0.0800. The van der Waals surface area contributed by atoms with Gasteiger partial charge in [0, 0.05) is 28.4 Å². The van der Waals surface area contributed by atoms with Gasteiger partial charge >= 0.3 is 0 Å². The molecule has 4 aromatic rings. The number of halogens is 1. The summed E-state index contributed by atoms with van der Waals surface area (Å²) >= 11 is 6.15. The van der Waals surface area contributed by atoms with Gasteiger partial charge in [0.15, 0.2) is 5.82 Å². The van der Waals surface area contributed by atoms with E-state index in [1.807, 2.05) is 73.7 Å². The maximum Gasteiger partial charge on any atom is 0.251 e. The van der Waals surface area contributed by atoms with Crippen molar-refractivity contribution in [1.29, 1.82) is 0 Å². The lowest BCUT2D eigenvalue weighted by atomic mass is 10.1. The van der Waals surface area contributed by atoms with Crippen molar-refractivity contribution in [3.05, 3.63) is 107 Å². The van der Waals surface area contributed by atoms with Crippen LogP contribution in [-0.2, 0) is 6.54 Å². The molecular weight excluding hydrogens is 408 g/mol. The molecule has 0 fully saturated rings. The quantitative estimate of drug-likeness (QED) is 0.408. The molecule has 0 aliphatic heterocycles. The summed E-state index contributed by atoms with van der Waals surface area (Å²) in [6, 6.07) is 26.6. The summed E-state index contributed by atoms with van der Waals surface area (Å²) in [5.74, 6) is 0.425. The average Bonchev–Trinajstić information content (AvgIpc) is 2.80. The van der Waals surface area contributed by atoms with E-state index in [0.29, 0.717) is 22.9 Å². The number of aryl methyl sites for hydroxylation is 1. The molecule has 1 aromatic heterocycles. The summed E-state index contributed by atoms with van der Waals surface area (Å²) in [4.78, 5) is 12.5. The van der Waals surface area contributed by atoms with Gasteiger partial charge in [0.05, 0.1) is 5.69 Å². The third-order valence-corrected chi connectivity index (χ3v) is 5.18. The lowest BCUT2D eigenvalue weighted by Crippen LogP contribution is -2.22. The molecule has 0 spiro atoms. The summed E-state index contributed by atoms with van der Waals surface area (Å²) in [5.41, 5.74) is 5.19. The largest absolute Gasteiger partial charge is 0.348 e. The molecule has 0 aliphatic rings. The van der Waals surface area contributed by atoms with Gasteiger partial charge in [0.1, 0.15) is 0 Å². The minimum absolute atomic E-state index is 0.177. The Balaban J connectivity index is 1.41. The Kier molecular flexibility index (Phi) is 6.24. The van der Waals surface area contributed by atoms with Crippen LogP contribution in [0.5, 0.6) is 0 Å². The number of carbonyl (C=O) groups excluding carboxylic acids is 1. The predicted octanol–water partition coefficient (Wildman–Crippen LogP) is 5.78. The van der Waals surface area contributed by atoms with E-state index in [0.717, 1.165) is 22.5 Å². The molecule has 1 amide bonds. The van der Waals surface area contributed by atoms with Gasteiger partial charge in [-0.15, -0.1) is 10.2 Å². The van der Waals surface area contributed by atoms with Crippen molar-refractivity contribution in [2.24, 2.45) is 0 Å². The smallest absolute Gasteiger partial charge is 0.251 e. The van der Waals surface area contributed by atoms with Crippen molar-refractivity contribution >= 4 is 29.0 Å².